The van der Waals surface area contributed by atoms with Crippen LogP contribution >= 0.6 is 0 Å². The molecule has 2 heterocycles. The van der Waals surface area contributed by atoms with Gasteiger partial charge in [0.15, 0.2) is 5.69 Å². The van der Waals surface area contributed by atoms with Gasteiger partial charge >= 0.3 is 5.97 Å². The summed E-state index contributed by atoms with van der Waals surface area (Å²) < 4.78 is 28.4. The Morgan fingerprint density at radius 1 is 1.25 bits per heavy atom. The van der Waals surface area contributed by atoms with Crippen LogP contribution in [0.2, 0.25) is 0 Å². The molecule has 0 saturated heterocycles. The lowest BCUT2D eigenvalue weighted by Crippen LogP contribution is -2.36. The van der Waals surface area contributed by atoms with Gasteiger partial charge in [0.25, 0.3) is 0 Å². The number of rotatable bonds is 3. The molecule has 1 aromatic heterocycles. The average molecular weight is 349 g/mol. The molecule has 1 aliphatic heterocycles. The van der Waals surface area contributed by atoms with Crippen LogP contribution < -0.4 is 0 Å². The summed E-state index contributed by atoms with van der Waals surface area (Å²) >= 11 is 0. The first-order valence-corrected chi connectivity index (χ1v) is 9.01. The second kappa shape index (κ2) is 5.71. The van der Waals surface area contributed by atoms with Crippen molar-refractivity contribution in [2.24, 2.45) is 7.05 Å². The molecule has 0 radical (unpaired) electrons. The number of carbonyl (C=O) groups is 1. The molecule has 0 fully saturated rings. The molecule has 1 aliphatic rings. The molecular formula is C16H19N3O4S. The molecular weight excluding hydrogens is 330 g/mol. The van der Waals surface area contributed by atoms with Gasteiger partial charge in [-0.2, -0.15) is 9.40 Å². The quantitative estimate of drug-likeness (QED) is 0.906. The minimum Gasteiger partial charge on any atom is -0.477 e. The molecule has 1 aromatic carbocycles. The van der Waals surface area contributed by atoms with Gasteiger partial charge in [-0.05, 0) is 37.1 Å². The van der Waals surface area contributed by atoms with Crippen LogP contribution in [0, 0.1) is 13.8 Å². The number of hydrogen-bond donors (Lipinski definition) is 1. The summed E-state index contributed by atoms with van der Waals surface area (Å²) in [5, 5.41) is 13.6. The van der Waals surface area contributed by atoms with E-state index >= 15 is 0 Å². The van der Waals surface area contributed by atoms with Gasteiger partial charge in [-0.1, -0.05) is 6.07 Å². The Labute approximate surface area is 140 Å². The number of carboxylic acids is 1. The molecule has 7 nitrogen and oxygen atoms in total. The molecule has 8 heteroatoms. The van der Waals surface area contributed by atoms with Crippen LogP contribution in [0.3, 0.4) is 0 Å². The van der Waals surface area contributed by atoms with Crippen molar-refractivity contribution < 1.29 is 18.3 Å². The van der Waals surface area contributed by atoms with E-state index in [2.05, 4.69) is 5.10 Å². The zero-order chi connectivity index (χ0) is 17.6. The van der Waals surface area contributed by atoms with Crippen LogP contribution in [0.4, 0.5) is 0 Å². The fourth-order valence-corrected chi connectivity index (χ4v) is 4.47. The fraction of sp³-hybridized carbons (Fsp3) is 0.375. The Bertz CT molecular complexity index is 931. The number of aryl methyl sites for hydroxylation is 3. The monoisotopic (exact) mass is 349 g/mol. The molecule has 0 bridgehead atoms. The highest BCUT2D eigenvalue weighted by molar-refractivity contribution is 7.89. The number of sulfonamides is 1. The summed E-state index contributed by atoms with van der Waals surface area (Å²) in [6.07, 6.45) is 0.403. The third kappa shape index (κ3) is 2.61. The zero-order valence-corrected chi connectivity index (χ0v) is 14.6. The van der Waals surface area contributed by atoms with Gasteiger partial charge < -0.3 is 5.11 Å². The average Bonchev–Trinajstić information content (AvgIpc) is 2.84. The molecule has 3 rings (SSSR count). The van der Waals surface area contributed by atoms with E-state index in [1.165, 1.54) is 8.99 Å². The molecule has 2 aromatic rings. The Kier molecular flexibility index (Phi) is 3.97. The summed E-state index contributed by atoms with van der Waals surface area (Å²) in [7, 11) is -2.11. The molecule has 0 spiro atoms. The molecule has 24 heavy (non-hydrogen) atoms. The summed E-state index contributed by atoms with van der Waals surface area (Å²) in [5.41, 5.74) is 3.10. The number of aromatic carboxylic acids is 1. The number of hydrogen-bond acceptors (Lipinski definition) is 4. The lowest BCUT2D eigenvalue weighted by Gasteiger charge is -2.26. The minimum absolute atomic E-state index is 0.0278. The lowest BCUT2D eigenvalue weighted by atomic mass is 10.1. The second-order valence-corrected chi connectivity index (χ2v) is 7.98. The van der Waals surface area contributed by atoms with Crippen LogP contribution in [0.1, 0.15) is 32.9 Å². The first-order valence-electron chi connectivity index (χ1n) is 7.57. The maximum atomic E-state index is 12.9. The van der Waals surface area contributed by atoms with E-state index in [9.17, 15) is 18.3 Å². The molecule has 0 amide bonds. The Balaban J connectivity index is 2.00. The summed E-state index contributed by atoms with van der Waals surface area (Å²) in [6.45, 7) is 4.11. The maximum Gasteiger partial charge on any atom is 0.354 e. The number of fused-ring (bicyclic) bond motifs is 1. The van der Waals surface area contributed by atoms with Crippen LogP contribution in [0.25, 0.3) is 0 Å². The van der Waals surface area contributed by atoms with Crippen LogP contribution in [0.15, 0.2) is 23.1 Å². The Hall–Kier alpha value is -2.19. The third-order valence-electron chi connectivity index (χ3n) is 4.48. The van der Waals surface area contributed by atoms with E-state index in [4.69, 9.17) is 0 Å². The van der Waals surface area contributed by atoms with E-state index in [0.717, 1.165) is 11.1 Å². The standard InChI is InChI=1S/C16H19N3O4S/c1-10-4-5-12(8-11(10)2)24(22,23)19-7-6-14-13(9-19)15(16(20)21)18(3)17-14/h4-5,8H,6-7,9H2,1-3H3,(H,20,21). The molecule has 1 N–H and O–H groups in total. The summed E-state index contributed by atoms with van der Waals surface area (Å²) in [4.78, 5) is 11.7. The topological polar surface area (TPSA) is 92.5 Å². The summed E-state index contributed by atoms with van der Waals surface area (Å²) in [6, 6.07) is 5.03. The van der Waals surface area contributed by atoms with Gasteiger partial charge in [0.2, 0.25) is 10.0 Å². The number of carboxylic acid groups (broad SMARTS) is 1. The summed E-state index contributed by atoms with van der Waals surface area (Å²) in [5.74, 6) is -1.10. The van der Waals surface area contributed by atoms with Crippen molar-refractivity contribution in [3.8, 4) is 0 Å². The highest BCUT2D eigenvalue weighted by Crippen LogP contribution is 2.27. The molecule has 0 atom stereocenters. The lowest BCUT2D eigenvalue weighted by molar-refractivity contribution is 0.0683. The van der Waals surface area contributed by atoms with Crippen molar-refractivity contribution in [3.63, 3.8) is 0 Å². The maximum absolute atomic E-state index is 12.9. The van der Waals surface area contributed by atoms with Crippen molar-refractivity contribution >= 4 is 16.0 Å². The van der Waals surface area contributed by atoms with Gasteiger partial charge in [-0.15, -0.1) is 0 Å². The number of nitrogens with zero attached hydrogens (tertiary/aromatic N) is 3. The van der Waals surface area contributed by atoms with E-state index in [1.807, 2.05) is 13.8 Å². The van der Waals surface area contributed by atoms with Crippen molar-refractivity contribution in [1.82, 2.24) is 14.1 Å². The molecule has 0 unspecified atom stereocenters. The molecule has 128 valence electrons. The largest absolute Gasteiger partial charge is 0.477 e. The van der Waals surface area contributed by atoms with Gasteiger partial charge in [-0.3, -0.25) is 4.68 Å². The van der Waals surface area contributed by atoms with Crippen molar-refractivity contribution in [3.05, 3.63) is 46.3 Å². The first kappa shape index (κ1) is 16.7. The van der Waals surface area contributed by atoms with Gasteiger partial charge in [0, 0.05) is 32.1 Å². The number of benzene rings is 1. The Morgan fingerprint density at radius 3 is 2.58 bits per heavy atom. The van der Waals surface area contributed by atoms with E-state index in [0.29, 0.717) is 24.2 Å². The van der Waals surface area contributed by atoms with E-state index < -0.39 is 16.0 Å². The smallest absolute Gasteiger partial charge is 0.354 e. The zero-order valence-electron chi connectivity index (χ0n) is 13.8. The van der Waals surface area contributed by atoms with Crippen LogP contribution in [0.5, 0.6) is 0 Å². The van der Waals surface area contributed by atoms with Crippen LogP contribution in [-0.2, 0) is 30.0 Å². The SMILES string of the molecule is Cc1ccc(S(=O)(=O)N2CCc3nn(C)c(C(=O)O)c3C2)cc1C. The van der Waals surface area contributed by atoms with E-state index in [-0.39, 0.29) is 17.1 Å². The highest BCUT2D eigenvalue weighted by atomic mass is 32.2. The van der Waals surface area contributed by atoms with E-state index in [1.54, 1.807) is 25.2 Å². The second-order valence-electron chi connectivity index (χ2n) is 6.04. The van der Waals surface area contributed by atoms with Crippen molar-refractivity contribution in [2.45, 2.75) is 31.7 Å². The predicted molar refractivity (Wildman–Crippen MR) is 87.4 cm³/mol. The highest BCUT2D eigenvalue weighted by Gasteiger charge is 2.33. The van der Waals surface area contributed by atoms with Gasteiger partial charge in [-0.25, -0.2) is 13.2 Å². The fourth-order valence-electron chi connectivity index (χ4n) is 2.97. The normalized spacial score (nSPS) is 15.3. The number of aromatic nitrogens is 2. The Morgan fingerprint density at radius 2 is 1.96 bits per heavy atom. The predicted octanol–water partition coefficient (Wildman–Crippen LogP) is 1.48. The van der Waals surface area contributed by atoms with Gasteiger partial charge in [0.1, 0.15) is 0 Å². The first-order chi connectivity index (χ1) is 11.2. The van der Waals surface area contributed by atoms with Gasteiger partial charge in [0.05, 0.1) is 10.6 Å². The van der Waals surface area contributed by atoms with Crippen LogP contribution in [-0.4, -0.2) is 40.1 Å². The molecule has 0 aliphatic carbocycles. The molecule has 0 saturated carbocycles. The van der Waals surface area contributed by atoms with Crippen molar-refractivity contribution in [1.29, 1.82) is 0 Å². The third-order valence-corrected chi connectivity index (χ3v) is 6.32. The minimum atomic E-state index is -3.67. The van der Waals surface area contributed by atoms with Crippen molar-refractivity contribution in [2.75, 3.05) is 6.54 Å².